The quantitative estimate of drug-likeness (QED) is 0.283. The van der Waals surface area contributed by atoms with Crippen molar-refractivity contribution in [1.82, 2.24) is 4.90 Å². The Morgan fingerprint density at radius 3 is 2.44 bits per heavy atom. The molecule has 1 aromatic heterocycles. The molecule has 1 aliphatic carbocycles. The number of rotatable bonds is 8. The minimum atomic E-state index is -0.0465. The number of nitrogen functional groups attached to an aromatic ring is 1. The molecule has 32 heavy (non-hydrogen) atoms. The zero-order chi connectivity index (χ0) is 22.5. The van der Waals surface area contributed by atoms with Crippen LogP contribution in [-0.2, 0) is 6.54 Å². The van der Waals surface area contributed by atoms with Crippen LogP contribution in [0.15, 0.2) is 67.3 Å². The molecule has 1 heterocycles. The zero-order valence-corrected chi connectivity index (χ0v) is 19.8. The highest BCUT2D eigenvalue weighted by Crippen LogP contribution is 2.41. The number of hydrogen-bond donors (Lipinski definition) is 1. The Bertz CT molecular complexity index is 1070. The van der Waals surface area contributed by atoms with E-state index in [0.29, 0.717) is 33.7 Å². The van der Waals surface area contributed by atoms with Gasteiger partial charge in [0.15, 0.2) is 5.78 Å². The van der Waals surface area contributed by atoms with E-state index in [0.717, 1.165) is 22.5 Å². The highest BCUT2D eigenvalue weighted by atomic mass is 35.5. The van der Waals surface area contributed by atoms with Crippen LogP contribution in [0.2, 0.25) is 5.02 Å². The number of carbonyl (C=O) groups excluding carboxylic acids is 1. The highest BCUT2D eigenvalue weighted by molar-refractivity contribution is 7.20. The average molecular weight is 465 g/mol. The summed E-state index contributed by atoms with van der Waals surface area (Å²) < 4.78 is 0. The molecule has 0 saturated heterocycles. The van der Waals surface area contributed by atoms with E-state index in [4.69, 9.17) is 17.3 Å². The maximum absolute atomic E-state index is 13.6. The van der Waals surface area contributed by atoms with Crippen LogP contribution in [0.3, 0.4) is 0 Å². The van der Waals surface area contributed by atoms with Crippen LogP contribution in [0.1, 0.15) is 53.6 Å². The lowest BCUT2D eigenvalue weighted by molar-refractivity contribution is 0.103. The maximum Gasteiger partial charge on any atom is 0.196 e. The second-order valence-electron chi connectivity index (χ2n) is 8.36. The normalized spacial score (nSPS) is 14.6. The van der Waals surface area contributed by atoms with Crippen molar-refractivity contribution in [3.05, 3.63) is 89.0 Å². The topological polar surface area (TPSA) is 46.3 Å². The second-order valence-corrected chi connectivity index (χ2v) is 9.85. The molecular weight excluding hydrogens is 436 g/mol. The molecule has 5 heteroatoms. The predicted octanol–water partition coefficient (Wildman–Crippen LogP) is 7.20. The lowest BCUT2D eigenvalue weighted by Crippen LogP contribution is -2.36. The molecule has 2 N–H and O–H groups in total. The number of nitrogens with zero attached hydrogens (tertiary/aromatic N) is 1. The van der Waals surface area contributed by atoms with Gasteiger partial charge >= 0.3 is 0 Å². The van der Waals surface area contributed by atoms with E-state index in [1.54, 1.807) is 24.3 Å². The fourth-order valence-electron chi connectivity index (χ4n) is 4.61. The molecule has 0 atom stereocenters. The molecule has 1 saturated carbocycles. The number of halogens is 1. The fraction of sp³-hybridized carbons (Fsp3) is 0.296. The summed E-state index contributed by atoms with van der Waals surface area (Å²) >= 11 is 7.55. The lowest BCUT2D eigenvalue weighted by atomic mass is 9.92. The number of nitrogens with two attached hydrogens (primary N) is 1. The van der Waals surface area contributed by atoms with Gasteiger partial charge in [-0.25, -0.2) is 0 Å². The van der Waals surface area contributed by atoms with Crippen molar-refractivity contribution in [3.63, 3.8) is 0 Å². The van der Waals surface area contributed by atoms with Crippen molar-refractivity contribution in [1.29, 1.82) is 0 Å². The van der Waals surface area contributed by atoms with Crippen molar-refractivity contribution in [2.45, 2.75) is 44.7 Å². The molecule has 2 aromatic carbocycles. The molecular formula is C27H29ClN2OS. The van der Waals surface area contributed by atoms with Gasteiger partial charge in [-0.15, -0.1) is 17.9 Å². The minimum Gasteiger partial charge on any atom is -0.390 e. The third-order valence-electron chi connectivity index (χ3n) is 6.22. The van der Waals surface area contributed by atoms with Crippen LogP contribution in [0.5, 0.6) is 0 Å². The van der Waals surface area contributed by atoms with E-state index >= 15 is 0 Å². The molecule has 0 radical (unpaired) electrons. The van der Waals surface area contributed by atoms with Gasteiger partial charge in [-0.05, 0) is 48.2 Å². The molecule has 0 bridgehead atoms. The van der Waals surface area contributed by atoms with Crippen LogP contribution in [0.25, 0.3) is 10.4 Å². The van der Waals surface area contributed by atoms with Crippen LogP contribution < -0.4 is 5.73 Å². The van der Waals surface area contributed by atoms with Crippen LogP contribution >= 0.6 is 22.9 Å². The SMILES string of the molecule is C=CCN(Cc1c(-c2ccccc2)sc(N)c1C(=O)c1ccc(Cl)cc1)C1CCCCC1. The van der Waals surface area contributed by atoms with E-state index in [2.05, 4.69) is 23.6 Å². The highest BCUT2D eigenvalue weighted by Gasteiger charge is 2.28. The largest absolute Gasteiger partial charge is 0.390 e. The van der Waals surface area contributed by atoms with E-state index < -0.39 is 0 Å². The Hall–Kier alpha value is -2.40. The molecule has 3 nitrogen and oxygen atoms in total. The van der Waals surface area contributed by atoms with Gasteiger partial charge in [-0.1, -0.05) is 67.3 Å². The Morgan fingerprint density at radius 1 is 1.09 bits per heavy atom. The Labute approximate surface area is 199 Å². The van der Waals surface area contributed by atoms with Gasteiger partial charge in [0.25, 0.3) is 0 Å². The summed E-state index contributed by atoms with van der Waals surface area (Å²) in [5.74, 6) is -0.0465. The molecule has 0 spiro atoms. The van der Waals surface area contributed by atoms with E-state index in [1.165, 1.54) is 43.4 Å². The summed E-state index contributed by atoms with van der Waals surface area (Å²) in [6.07, 6.45) is 8.16. The first-order valence-corrected chi connectivity index (χ1v) is 12.4. The number of anilines is 1. The molecule has 4 rings (SSSR count). The second kappa shape index (κ2) is 10.5. The first kappa shape index (κ1) is 22.8. The Balaban J connectivity index is 1.79. The lowest BCUT2D eigenvalue weighted by Gasteiger charge is -2.34. The number of ketones is 1. The summed E-state index contributed by atoms with van der Waals surface area (Å²) in [6.45, 7) is 5.47. The number of carbonyl (C=O) groups is 1. The van der Waals surface area contributed by atoms with Gasteiger partial charge in [-0.3, -0.25) is 9.69 Å². The van der Waals surface area contributed by atoms with E-state index in [-0.39, 0.29) is 5.78 Å². The van der Waals surface area contributed by atoms with Crippen molar-refractivity contribution in [3.8, 4) is 10.4 Å². The third kappa shape index (κ3) is 4.98. The molecule has 166 valence electrons. The van der Waals surface area contributed by atoms with Crippen LogP contribution in [0.4, 0.5) is 5.00 Å². The maximum atomic E-state index is 13.6. The zero-order valence-electron chi connectivity index (χ0n) is 18.2. The van der Waals surface area contributed by atoms with Crippen molar-refractivity contribution in [2.24, 2.45) is 0 Å². The standard InChI is InChI=1S/C27H29ClN2OS/c1-2-17-30(22-11-7-4-8-12-22)18-23-24(25(31)19-13-15-21(28)16-14-19)27(29)32-26(23)20-9-5-3-6-10-20/h2-3,5-6,9-10,13-16,22H,1,4,7-8,11-12,17-18,29H2. The van der Waals surface area contributed by atoms with Gasteiger partial charge in [0, 0.05) is 34.6 Å². The molecule has 1 fully saturated rings. The van der Waals surface area contributed by atoms with Gasteiger partial charge in [0.2, 0.25) is 0 Å². The summed E-state index contributed by atoms with van der Waals surface area (Å²) in [5, 5.41) is 1.18. The van der Waals surface area contributed by atoms with Gasteiger partial charge in [0.1, 0.15) is 0 Å². The Kier molecular flexibility index (Phi) is 7.46. The summed E-state index contributed by atoms with van der Waals surface area (Å²) in [5.41, 5.74) is 9.85. The molecule has 1 aliphatic rings. The first-order chi connectivity index (χ1) is 15.6. The van der Waals surface area contributed by atoms with Crippen molar-refractivity contribution >= 4 is 33.7 Å². The van der Waals surface area contributed by atoms with Gasteiger partial charge in [-0.2, -0.15) is 0 Å². The molecule has 3 aromatic rings. The van der Waals surface area contributed by atoms with Crippen molar-refractivity contribution < 1.29 is 4.79 Å². The van der Waals surface area contributed by atoms with Crippen LogP contribution in [-0.4, -0.2) is 23.3 Å². The number of thiophene rings is 1. The van der Waals surface area contributed by atoms with Gasteiger partial charge < -0.3 is 5.73 Å². The van der Waals surface area contributed by atoms with Crippen molar-refractivity contribution in [2.75, 3.05) is 12.3 Å². The van der Waals surface area contributed by atoms with E-state index in [1.807, 2.05) is 24.3 Å². The first-order valence-electron chi connectivity index (χ1n) is 11.2. The third-order valence-corrected chi connectivity index (χ3v) is 7.58. The molecule has 0 unspecified atom stereocenters. The summed E-state index contributed by atoms with van der Waals surface area (Å²) in [7, 11) is 0. The van der Waals surface area contributed by atoms with E-state index in [9.17, 15) is 4.79 Å². The molecule has 0 aliphatic heterocycles. The number of benzene rings is 2. The predicted molar refractivity (Wildman–Crippen MR) is 137 cm³/mol. The smallest absolute Gasteiger partial charge is 0.196 e. The summed E-state index contributed by atoms with van der Waals surface area (Å²) in [6, 6.07) is 17.8. The van der Waals surface area contributed by atoms with Gasteiger partial charge in [0.05, 0.1) is 10.6 Å². The summed E-state index contributed by atoms with van der Waals surface area (Å²) in [4.78, 5) is 17.1. The van der Waals surface area contributed by atoms with Crippen LogP contribution in [0, 0.1) is 0 Å². The average Bonchev–Trinajstić information content (AvgIpc) is 3.15. The minimum absolute atomic E-state index is 0.0465. The monoisotopic (exact) mass is 464 g/mol. The number of hydrogen-bond acceptors (Lipinski definition) is 4. The molecule has 0 amide bonds. The Morgan fingerprint density at radius 2 is 1.78 bits per heavy atom. The fourth-order valence-corrected chi connectivity index (χ4v) is 5.82.